The van der Waals surface area contributed by atoms with Crippen LogP contribution in [0, 0.1) is 0 Å². The fraction of sp³-hybridized carbons (Fsp3) is 0.737. The summed E-state index contributed by atoms with van der Waals surface area (Å²) in [6.07, 6.45) is 7.37. The van der Waals surface area contributed by atoms with Gasteiger partial charge >= 0.3 is 0 Å². The van der Waals surface area contributed by atoms with Gasteiger partial charge in [-0.2, -0.15) is 0 Å². The van der Waals surface area contributed by atoms with Gasteiger partial charge in [-0.25, -0.2) is 4.98 Å². The van der Waals surface area contributed by atoms with Crippen LogP contribution in [0.1, 0.15) is 31.2 Å². The Morgan fingerprint density at radius 1 is 1.17 bits per heavy atom. The summed E-state index contributed by atoms with van der Waals surface area (Å²) >= 11 is 0. The molecule has 1 aromatic rings. The molecule has 3 heterocycles. The number of pyridine rings is 1. The Hall–Kier alpha value is -1.17. The van der Waals surface area contributed by atoms with Crippen molar-refractivity contribution < 1.29 is 4.74 Å². The first-order valence-electron chi connectivity index (χ1n) is 9.39. The van der Waals surface area contributed by atoms with Crippen LogP contribution in [-0.2, 0) is 11.3 Å². The molecule has 0 radical (unpaired) electrons. The van der Waals surface area contributed by atoms with Gasteiger partial charge in [0, 0.05) is 46.0 Å². The van der Waals surface area contributed by atoms with Crippen molar-refractivity contribution in [2.24, 2.45) is 0 Å². The molecule has 0 N–H and O–H groups in total. The Morgan fingerprint density at radius 2 is 2.00 bits per heavy atom. The lowest BCUT2D eigenvalue weighted by Gasteiger charge is -2.37. The lowest BCUT2D eigenvalue weighted by molar-refractivity contribution is 0.0302. The Labute approximate surface area is 146 Å². The van der Waals surface area contributed by atoms with E-state index in [4.69, 9.17) is 4.74 Å². The lowest BCUT2D eigenvalue weighted by Crippen LogP contribution is -2.43. The quantitative estimate of drug-likeness (QED) is 0.797. The summed E-state index contributed by atoms with van der Waals surface area (Å²) in [5, 5.41) is 0. The third kappa shape index (κ3) is 4.91. The number of morpholine rings is 1. The zero-order valence-electron chi connectivity index (χ0n) is 15.3. The molecule has 0 amide bonds. The maximum atomic E-state index is 5.46. The van der Waals surface area contributed by atoms with Gasteiger partial charge in [0.15, 0.2) is 0 Å². The molecule has 5 heteroatoms. The Kier molecular flexibility index (Phi) is 6.46. The van der Waals surface area contributed by atoms with Crippen molar-refractivity contribution in [2.45, 2.75) is 38.3 Å². The average molecular weight is 332 g/mol. The Bertz CT molecular complexity index is 485. The highest BCUT2D eigenvalue weighted by Gasteiger charge is 2.23. The van der Waals surface area contributed by atoms with Gasteiger partial charge in [-0.15, -0.1) is 0 Å². The minimum absolute atomic E-state index is 0.718. The van der Waals surface area contributed by atoms with Gasteiger partial charge in [-0.1, -0.05) is 12.5 Å². The van der Waals surface area contributed by atoms with Crippen molar-refractivity contribution in [3.63, 3.8) is 0 Å². The molecule has 0 unspecified atom stereocenters. The maximum Gasteiger partial charge on any atom is 0.127 e. The van der Waals surface area contributed by atoms with Crippen LogP contribution in [-0.4, -0.2) is 74.3 Å². The van der Waals surface area contributed by atoms with Crippen molar-refractivity contribution in [2.75, 3.05) is 58.4 Å². The summed E-state index contributed by atoms with van der Waals surface area (Å²) in [5.74, 6) is 1.03. The van der Waals surface area contributed by atoms with Crippen LogP contribution in [0.2, 0.25) is 0 Å². The van der Waals surface area contributed by atoms with E-state index in [-0.39, 0.29) is 0 Å². The van der Waals surface area contributed by atoms with Crippen molar-refractivity contribution in [3.8, 4) is 0 Å². The van der Waals surface area contributed by atoms with E-state index in [1.807, 2.05) is 20.3 Å². The number of anilines is 1. The van der Waals surface area contributed by atoms with Gasteiger partial charge in [-0.05, 0) is 44.0 Å². The summed E-state index contributed by atoms with van der Waals surface area (Å²) < 4.78 is 5.46. The molecule has 2 aliphatic rings. The van der Waals surface area contributed by atoms with Crippen molar-refractivity contribution >= 4 is 5.82 Å². The van der Waals surface area contributed by atoms with Crippen LogP contribution in [0.4, 0.5) is 5.82 Å². The first-order valence-corrected chi connectivity index (χ1v) is 9.39. The molecule has 0 saturated carbocycles. The molecule has 1 aromatic heterocycles. The Morgan fingerprint density at radius 3 is 2.71 bits per heavy atom. The van der Waals surface area contributed by atoms with E-state index in [1.54, 1.807) is 0 Å². The molecule has 0 aromatic carbocycles. The van der Waals surface area contributed by atoms with Gasteiger partial charge in [0.1, 0.15) is 5.82 Å². The van der Waals surface area contributed by atoms with E-state index in [9.17, 15) is 0 Å². The third-order valence-corrected chi connectivity index (χ3v) is 5.28. The zero-order valence-corrected chi connectivity index (χ0v) is 15.3. The van der Waals surface area contributed by atoms with Crippen LogP contribution in [0.3, 0.4) is 0 Å². The highest BCUT2D eigenvalue weighted by Crippen LogP contribution is 2.22. The molecule has 3 rings (SSSR count). The second kappa shape index (κ2) is 8.79. The van der Waals surface area contributed by atoms with Gasteiger partial charge in [0.25, 0.3) is 0 Å². The van der Waals surface area contributed by atoms with Crippen molar-refractivity contribution in [3.05, 3.63) is 23.9 Å². The van der Waals surface area contributed by atoms with Crippen LogP contribution >= 0.6 is 0 Å². The van der Waals surface area contributed by atoms with Gasteiger partial charge in [0.05, 0.1) is 13.2 Å². The fourth-order valence-corrected chi connectivity index (χ4v) is 3.76. The highest BCUT2D eigenvalue weighted by molar-refractivity contribution is 5.37. The first kappa shape index (κ1) is 17.6. The minimum atomic E-state index is 0.718. The number of piperidine rings is 1. The molecular weight excluding hydrogens is 300 g/mol. The summed E-state index contributed by atoms with van der Waals surface area (Å²) in [5.41, 5.74) is 1.33. The standard InChI is InChI=1S/C19H32N4O/c1-21(2)19-7-6-17(15-20-19)16-23-9-4-3-5-18(23)8-10-22-11-13-24-14-12-22/h6-7,15,18H,3-5,8-14,16H2,1-2H3/t18-/m1/s1. The molecule has 1 atom stereocenters. The van der Waals surface area contributed by atoms with Gasteiger partial charge in [0.2, 0.25) is 0 Å². The predicted molar refractivity (Wildman–Crippen MR) is 98.5 cm³/mol. The fourth-order valence-electron chi connectivity index (χ4n) is 3.76. The number of aromatic nitrogens is 1. The summed E-state index contributed by atoms with van der Waals surface area (Å²) in [4.78, 5) is 11.9. The van der Waals surface area contributed by atoms with Gasteiger partial charge in [-0.3, -0.25) is 9.80 Å². The second-order valence-electron chi connectivity index (χ2n) is 7.28. The van der Waals surface area contributed by atoms with E-state index in [1.165, 1.54) is 44.3 Å². The molecule has 0 bridgehead atoms. The number of nitrogens with zero attached hydrogens (tertiary/aromatic N) is 4. The summed E-state index contributed by atoms with van der Waals surface area (Å²) in [6, 6.07) is 5.08. The molecule has 0 aliphatic carbocycles. The number of likely N-dealkylation sites (tertiary alicyclic amines) is 1. The summed E-state index contributed by atoms with van der Waals surface area (Å²) in [6.45, 7) is 7.47. The number of ether oxygens (including phenoxy) is 1. The molecule has 5 nitrogen and oxygen atoms in total. The van der Waals surface area contributed by atoms with Crippen LogP contribution in [0.5, 0.6) is 0 Å². The lowest BCUT2D eigenvalue weighted by atomic mass is 9.98. The second-order valence-corrected chi connectivity index (χ2v) is 7.28. The SMILES string of the molecule is CN(C)c1ccc(CN2CCCC[C@@H]2CCN2CCOCC2)cn1. The topological polar surface area (TPSA) is 31.8 Å². The van der Waals surface area contributed by atoms with Crippen LogP contribution in [0.25, 0.3) is 0 Å². The largest absolute Gasteiger partial charge is 0.379 e. The summed E-state index contributed by atoms with van der Waals surface area (Å²) in [7, 11) is 4.07. The predicted octanol–water partition coefficient (Wildman–Crippen LogP) is 2.22. The smallest absolute Gasteiger partial charge is 0.127 e. The molecule has 2 fully saturated rings. The van der Waals surface area contributed by atoms with Crippen molar-refractivity contribution in [1.29, 1.82) is 0 Å². The molecule has 24 heavy (non-hydrogen) atoms. The van der Waals surface area contributed by atoms with Crippen LogP contribution in [0.15, 0.2) is 18.3 Å². The van der Waals surface area contributed by atoms with E-state index in [2.05, 4.69) is 31.8 Å². The zero-order chi connectivity index (χ0) is 16.8. The van der Waals surface area contributed by atoms with E-state index in [0.29, 0.717) is 0 Å². The Balaban J connectivity index is 1.53. The van der Waals surface area contributed by atoms with Crippen molar-refractivity contribution in [1.82, 2.24) is 14.8 Å². The molecule has 2 aliphatic heterocycles. The van der Waals surface area contributed by atoms with Gasteiger partial charge < -0.3 is 9.64 Å². The van der Waals surface area contributed by atoms with E-state index < -0.39 is 0 Å². The monoisotopic (exact) mass is 332 g/mol. The van der Waals surface area contributed by atoms with E-state index in [0.717, 1.165) is 44.7 Å². The maximum absolute atomic E-state index is 5.46. The normalized spacial score (nSPS) is 23.3. The first-order chi connectivity index (χ1) is 11.7. The molecule has 0 spiro atoms. The molecule has 134 valence electrons. The van der Waals surface area contributed by atoms with Crippen LogP contribution < -0.4 is 4.90 Å². The minimum Gasteiger partial charge on any atom is -0.379 e. The number of hydrogen-bond donors (Lipinski definition) is 0. The van der Waals surface area contributed by atoms with E-state index >= 15 is 0 Å². The molecule has 2 saturated heterocycles. The third-order valence-electron chi connectivity index (χ3n) is 5.28. The molecular formula is C19H32N4O. The highest BCUT2D eigenvalue weighted by atomic mass is 16.5. The number of hydrogen-bond acceptors (Lipinski definition) is 5. The average Bonchev–Trinajstić information content (AvgIpc) is 2.62. The number of rotatable bonds is 6.